The molecule has 0 radical (unpaired) electrons. The number of carboxylic acids is 1. The van der Waals surface area contributed by atoms with E-state index in [1.54, 1.807) is 36.4 Å². The second kappa shape index (κ2) is 6.97. The fourth-order valence-electron chi connectivity index (χ4n) is 2.43. The van der Waals surface area contributed by atoms with E-state index in [1.807, 2.05) is 0 Å². The number of carboxylic acid groups (broad SMARTS) is 1. The fraction of sp³-hybridized carbons (Fsp3) is 0.263. The summed E-state index contributed by atoms with van der Waals surface area (Å²) < 4.78 is 16.6. The second-order valence-corrected chi connectivity index (χ2v) is 6.63. The van der Waals surface area contributed by atoms with Crippen molar-refractivity contribution < 1.29 is 23.8 Å². The topological polar surface area (TPSA) is 86.0 Å². The summed E-state index contributed by atoms with van der Waals surface area (Å²) in [5.41, 5.74) is -0.757. The summed E-state index contributed by atoms with van der Waals surface area (Å²) in [6, 6.07) is 9.89. The van der Waals surface area contributed by atoms with E-state index >= 15 is 0 Å². The number of ether oxygens (including phenoxy) is 2. The van der Waals surface area contributed by atoms with E-state index in [1.165, 1.54) is 13.8 Å². The largest absolute Gasteiger partial charge is 0.491 e. The Labute approximate surface area is 153 Å². The molecule has 0 atom stereocenters. The lowest BCUT2D eigenvalue weighted by atomic mass is 10.1. The van der Waals surface area contributed by atoms with Gasteiger partial charge in [0, 0.05) is 6.07 Å². The molecule has 3 rings (SSSR count). The van der Waals surface area contributed by atoms with Gasteiger partial charge in [0.2, 0.25) is 5.43 Å². The summed E-state index contributed by atoms with van der Waals surface area (Å²) in [7, 11) is 0. The standard InChI is InChI=1S/C19H17ClO6/c1-19(2,18(22)23)25-9-8-24-11-6-7-12-15(10-11)26-17-13(16(12)21)4-3-5-14(17)20/h3-7,10H,8-9H2,1-2H3,(H,22,23). The van der Waals surface area contributed by atoms with E-state index < -0.39 is 11.6 Å². The highest BCUT2D eigenvalue weighted by molar-refractivity contribution is 6.34. The Balaban J connectivity index is 1.81. The molecule has 0 unspecified atom stereocenters. The third-order valence-corrected chi connectivity index (χ3v) is 4.25. The van der Waals surface area contributed by atoms with Gasteiger partial charge in [-0.1, -0.05) is 17.7 Å². The number of benzene rings is 2. The summed E-state index contributed by atoms with van der Waals surface area (Å²) in [5, 5.41) is 10.2. The first kappa shape index (κ1) is 18.2. The molecule has 0 fully saturated rings. The van der Waals surface area contributed by atoms with Crippen molar-refractivity contribution in [3.63, 3.8) is 0 Å². The lowest BCUT2D eigenvalue weighted by Gasteiger charge is -2.20. The highest BCUT2D eigenvalue weighted by Gasteiger charge is 2.27. The minimum absolute atomic E-state index is 0.102. The van der Waals surface area contributed by atoms with Gasteiger partial charge in [0.25, 0.3) is 0 Å². The number of para-hydroxylation sites is 1. The van der Waals surface area contributed by atoms with Gasteiger partial charge in [-0.2, -0.15) is 0 Å². The van der Waals surface area contributed by atoms with Crippen molar-refractivity contribution in [2.24, 2.45) is 0 Å². The first-order valence-electron chi connectivity index (χ1n) is 7.95. The minimum Gasteiger partial charge on any atom is -0.491 e. The monoisotopic (exact) mass is 376 g/mol. The third-order valence-electron chi connectivity index (χ3n) is 3.95. The average molecular weight is 377 g/mol. The maximum atomic E-state index is 12.6. The van der Waals surface area contributed by atoms with Crippen LogP contribution < -0.4 is 10.2 Å². The lowest BCUT2D eigenvalue weighted by Crippen LogP contribution is -2.36. The number of hydrogen-bond acceptors (Lipinski definition) is 5. The van der Waals surface area contributed by atoms with Crippen LogP contribution in [0.3, 0.4) is 0 Å². The number of rotatable bonds is 6. The zero-order chi connectivity index (χ0) is 18.9. The Morgan fingerprint density at radius 2 is 1.96 bits per heavy atom. The van der Waals surface area contributed by atoms with Crippen molar-refractivity contribution in [3.05, 3.63) is 51.6 Å². The molecule has 0 spiro atoms. The Kier molecular flexibility index (Phi) is 4.89. The lowest BCUT2D eigenvalue weighted by molar-refractivity contribution is -0.161. The Bertz CT molecular complexity index is 1040. The van der Waals surface area contributed by atoms with Gasteiger partial charge in [-0.3, -0.25) is 4.79 Å². The van der Waals surface area contributed by atoms with Gasteiger partial charge in [0.15, 0.2) is 11.2 Å². The Morgan fingerprint density at radius 1 is 1.19 bits per heavy atom. The van der Waals surface area contributed by atoms with E-state index in [4.69, 9.17) is 30.6 Å². The number of halogens is 1. The molecule has 136 valence electrons. The molecule has 6 nitrogen and oxygen atoms in total. The van der Waals surface area contributed by atoms with Crippen LogP contribution in [0.2, 0.25) is 5.02 Å². The predicted molar refractivity (Wildman–Crippen MR) is 98.2 cm³/mol. The summed E-state index contributed by atoms with van der Waals surface area (Å²) in [6.07, 6.45) is 0. The molecule has 0 aliphatic rings. The van der Waals surface area contributed by atoms with Crippen LogP contribution in [0.1, 0.15) is 13.8 Å². The van der Waals surface area contributed by atoms with Gasteiger partial charge in [-0.05, 0) is 38.1 Å². The van der Waals surface area contributed by atoms with Crippen LogP contribution in [0.15, 0.2) is 45.6 Å². The minimum atomic E-state index is -1.28. The van der Waals surface area contributed by atoms with Gasteiger partial charge < -0.3 is 19.0 Å². The zero-order valence-electron chi connectivity index (χ0n) is 14.2. The van der Waals surface area contributed by atoms with Crippen molar-refractivity contribution in [2.75, 3.05) is 13.2 Å². The summed E-state index contributed by atoms with van der Waals surface area (Å²) in [4.78, 5) is 23.5. The van der Waals surface area contributed by atoms with Gasteiger partial charge >= 0.3 is 5.97 Å². The number of fused-ring (bicyclic) bond motifs is 2. The molecule has 7 heteroatoms. The van der Waals surface area contributed by atoms with E-state index in [2.05, 4.69) is 0 Å². The van der Waals surface area contributed by atoms with Crippen LogP contribution in [-0.4, -0.2) is 29.9 Å². The van der Waals surface area contributed by atoms with Crippen LogP contribution in [-0.2, 0) is 9.53 Å². The van der Waals surface area contributed by atoms with Gasteiger partial charge in [-0.25, -0.2) is 4.79 Å². The molecule has 0 bridgehead atoms. The van der Waals surface area contributed by atoms with Crippen LogP contribution in [0.5, 0.6) is 5.75 Å². The highest BCUT2D eigenvalue weighted by atomic mass is 35.5. The summed E-state index contributed by atoms with van der Waals surface area (Å²) in [5.74, 6) is -0.572. The van der Waals surface area contributed by atoms with Crippen molar-refractivity contribution in [3.8, 4) is 5.75 Å². The van der Waals surface area contributed by atoms with Crippen LogP contribution in [0, 0.1) is 0 Å². The first-order chi connectivity index (χ1) is 12.3. The Morgan fingerprint density at radius 3 is 2.69 bits per heavy atom. The molecule has 2 aromatic carbocycles. The quantitative estimate of drug-likeness (QED) is 0.519. The molecular formula is C19H17ClO6. The number of carbonyl (C=O) groups is 1. The zero-order valence-corrected chi connectivity index (χ0v) is 15.0. The van der Waals surface area contributed by atoms with Crippen LogP contribution in [0.4, 0.5) is 0 Å². The average Bonchev–Trinajstić information content (AvgIpc) is 2.60. The van der Waals surface area contributed by atoms with Crippen molar-refractivity contribution in [1.29, 1.82) is 0 Å². The fourth-order valence-corrected chi connectivity index (χ4v) is 2.64. The molecule has 1 N–H and O–H groups in total. The molecule has 0 saturated heterocycles. The molecule has 0 amide bonds. The maximum Gasteiger partial charge on any atom is 0.335 e. The maximum absolute atomic E-state index is 12.6. The molecule has 1 heterocycles. The van der Waals surface area contributed by atoms with E-state index in [0.29, 0.717) is 32.7 Å². The summed E-state index contributed by atoms with van der Waals surface area (Å²) >= 11 is 6.11. The normalized spacial score (nSPS) is 11.8. The smallest absolute Gasteiger partial charge is 0.335 e. The third kappa shape index (κ3) is 3.52. The molecule has 1 aromatic heterocycles. The molecule has 0 aliphatic heterocycles. The van der Waals surface area contributed by atoms with E-state index in [-0.39, 0.29) is 18.6 Å². The molecule has 26 heavy (non-hydrogen) atoms. The highest BCUT2D eigenvalue weighted by Crippen LogP contribution is 2.27. The number of hydrogen-bond donors (Lipinski definition) is 1. The number of aliphatic carboxylic acids is 1. The van der Waals surface area contributed by atoms with E-state index in [0.717, 1.165) is 0 Å². The van der Waals surface area contributed by atoms with Crippen molar-refractivity contribution >= 4 is 39.5 Å². The van der Waals surface area contributed by atoms with Crippen molar-refractivity contribution in [1.82, 2.24) is 0 Å². The summed E-state index contributed by atoms with van der Waals surface area (Å²) in [6.45, 7) is 3.19. The molecule has 0 aliphatic carbocycles. The van der Waals surface area contributed by atoms with Gasteiger partial charge in [0.1, 0.15) is 17.9 Å². The first-order valence-corrected chi connectivity index (χ1v) is 8.32. The van der Waals surface area contributed by atoms with Gasteiger partial charge in [0.05, 0.1) is 22.4 Å². The molecular weight excluding hydrogens is 360 g/mol. The molecule has 0 saturated carbocycles. The van der Waals surface area contributed by atoms with E-state index in [9.17, 15) is 9.59 Å². The SMILES string of the molecule is CC(C)(OCCOc1ccc2c(=O)c3cccc(Cl)c3oc2c1)C(=O)O. The Hall–Kier alpha value is -2.57. The van der Waals surface area contributed by atoms with Crippen LogP contribution >= 0.6 is 11.6 Å². The van der Waals surface area contributed by atoms with Crippen molar-refractivity contribution in [2.45, 2.75) is 19.4 Å². The predicted octanol–water partition coefficient (Wildman–Crippen LogP) is 3.86. The van der Waals surface area contributed by atoms with Crippen LogP contribution in [0.25, 0.3) is 21.9 Å². The van der Waals surface area contributed by atoms with Gasteiger partial charge in [-0.15, -0.1) is 0 Å². The molecule has 3 aromatic rings. The second-order valence-electron chi connectivity index (χ2n) is 6.22.